The fourth-order valence-corrected chi connectivity index (χ4v) is 3.56. The molecule has 0 radical (unpaired) electrons. The molecule has 0 amide bonds. The highest BCUT2D eigenvalue weighted by Crippen LogP contribution is 2.25. The Balaban J connectivity index is 0.00000220. The minimum Gasteiger partial charge on any atom is -0.396 e. The summed E-state index contributed by atoms with van der Waals surface area (Å²) < 4.78 is 0. The van der Waals surface area contributed by atoms with Gasteiger partial charge in [-0.3, -0.25) is 0 Å². The molecule has 21 heavy (non-hydrogen) atoms. The van der Waals surface area contributed by atoms with E-state index in [1.54, 1.807) is 0 Å². The van der Waals surface area contributed by atoms with Crippen molar-refractivity contribution in [2.24, 2.45) is 5.16 Å². The first-order chi connectivity index (χ1) is 9.85. The van der Waals surface area contributed by atoms with E-state index < -0.39 is 0 Å². The fourth-order valence-electron chi connectivity index (χ4n) is 2.61. The van der Waals surface area contributed by atoms with Gasteiger partial charge in [0.05, 0.1) is 5.71 Å². The molecule has 0 saturated heterocycles. The molecule has 0 N–H and O–H groups in total. The van der Waals surface area contributed by atoms with Crippen LogP contribution in [0.5, 0.6) is 0 Å². The van der Waals surface area contributed by atoms with Crippen molar-refractivity contribution < 1.29 is 4.84 Å². The third-order valence-corrected chi connectivity index (χ3v) is 4.88. The molecule has 1 aliphatic carbocycles. The molecule has 5 heteroatoms. The van der Waals surface area contributed by atoms with Gasteiger partial charge in [-0.05, 0) is 56.6 Å². The van der Waals surface area contributed by atoms with Gasteiger partial charge in [0, 0.05) is 17.0 Å². The molecule has 0 fully saturated rings. The zero-order valence-electron chi connectivity index (χ0n) is 13.1. The number of rotatable bonds is 7. The Morgan fingerprint density at radius 3 is 2.76 bits per heavy atom. The smallest absolute Gasteiger partial charge is 0.118 e. The van der Waals surface area contributed by atoms with Gasteiger partial charge < -0.3 is 9.74 Å². The van der Waals surface area contributed by atoms with Gasteiger partial charge in [0.1, 0.15) is 6.61 Å². The number of nitrogens with zero attached hydrogens (tertiary/aromatic N) is 2. The van der Waals surface area contributed by atoms with Crippen molar-refractivity contribution in [3.05, 3.63) is 21.9 Å². The molecule has 120 valence electrons. The number of thiophene rings is 1. The Bertz CT molecular complexity index is 430. The molecule has 0 unspecified atom stereocenters. The van der Waals surface area contributed by atoms with Crippen LogP contribution in [0.3, 0.4) is 0 Å². The highest BCUT2D eigenvalue weighted by atomic mass is 35.5. The van der Waals surface area contributed by atoms with Crippen LogP contribution in [0.2, 0.25) is 0 Å². The summed E-state index contributed by atoms with van der Waals surface area (Å²) in [7, 11) is 0. The van der Waals surface area contributed by atoms with Crippen LogP contribution in [-0.2, 0) is 11.3 Å². The molecule has 1 aromatic heterocycles. The zero-order valence-corrected chi connectivity index (χ0v) is 14.8. The molecule has 0 aromatic carbocycles. The Morgan fingerprint density at radius 2 is 2.00 bits per heavy atom. The molecule has 0 aliphatic heterocycles. The van der Waals surface area contributed by atoms with Crippen LogP contribution in [-0.4, -0.2) is 36.9 Å². The maximum Gasteiger partial charge on any atom is 0.118 e. The average Bonchev–Trinajstić information content (AvgIpc) is 2.85. The maximum absolute atomic E-state index is 5.56. The van der Waals surface area contributed by atoms with Gasteiger partial charge in [-0.15, -0.1) is 23.7 Å². The van der Waals surface area contributed by atoms with Crippen molar-refractivity contribution in [3.8, 4) is 0 Å². The van der Waals surface area contributed by atoms with Crippen molar-refractivity contribution in [1.29, 1.82) is 0 Å². The van der Waals surface area contributed by atoms with Crippen LogP contribution >= 0.6 is 23.7 Å². The Kier molecular flexibility index (Phi) is 8.97. The quantitative estimate of drug-likeness (QED) is 0.422. The molecule has 2 rings (SSSR count). The average molecular weight is 331 g/mol. The molecule has 0 atom stereocenters. The third kappa shape index (κ3) is 5.61. The minimum atomic E-state index is 0. The van der Waals surface area contributed by atoms with E-state index >= 15 is 0 Å². The SMILES string of the molecule is CCN(CC)CCCO/N=C1/CCCCc2sccc21.Cl. The molecule has 0 spiro atoms. The molecule has 3 nitrogen and oxygen atoms in total. The van der Waals surface area contributed by atoms with E-state index in [1.807, 2.05) is 11.3 Å². The van der Waals surface area contributed by atoms with Gasteiger partial charge in [0.15, 0.2) is 0 Å². The lowest BCUT2D eigenvalue weighted by Gasteiger charge is -2.17. The maximum atomic E-state index is 5.56. The summed E-state index contributed by atoms with van der Waals surface area (Å²) in [4.78, 5) is 9.46. The predicted molar refractivity (Wildman–Crippen MR) is 94.0 cm³/mol. The Morgan fingerprint density at radius 1 is 1.24 bits per heavy atom. The van der Waals surface area contributed by atoms with E-state index in [0.29, 0.717) is 0 Å². The summed E-state index contributed by atoms with van der Waals surface area (Å²) in [6.07, 6.45) is 5.81. The zero-order chi connectivity index (χ0) is 14.2. The van der Waals surface area contributed by atoms with Crippen molar-refractivity contribution in [2.75, 3.05) is 26.2 Å². The van der Waals surface area contributed by atoms with Crippen LogP contribution < -0.4 is 0 Å². The number of halogens is 1. The first-order valence-corrected chi connectivity index (χ1v) is 8.71. The Labute approximate surface area is 138 Å². The van der Waals surface area contributed by atoms with Crippen LogP contribution in [0.4, 0.5) is 0 Å². The molecule has 0 bridgehead atoms. The number of oxime groups is 1. The van der Waals surface area contributed by atoms with E-state index in [2.05, 4.69) is 35.3 Å². The highest BCUT2D eigenvalue weighted by molar-refractivity contribution is 7.10. The second kappa shape index (κ2) is 10.2. The summed E-state index contributed by atoms with van der Waals surface area (Å²) in [6.45, 7) is 8.45. The highest BCUT2D eigenvalue weighted by Gasteiger charge is 2.15. The topological polar surface area (TPSA) is 24.8 Å². The lowest BCUT2D eigenvalue weighted by atomic mass is 10.1. The predicted octanol–water partition coefficient (Wildman–Crippen LogP) is 4.35. The van der Waals surface area contributed by atoms with Gasteiger partial charge in [-0.2, -0.15) is 0 Å². The van der Waals surface area contributed by atoms with E-state index in [4.69, 9.17) is 4.84 Å². The molecule has 0 saturated carbocycles. The fraction of sp³-hybridized carbons (Fsp3) is 0.688. The van der Waals surface area contributed by atoms with Gasteiger partial charge in [-0.25, -0.2) is 0 Å². The summed E-state index contributed by atoms with van der Waals surface area (Å²) in [5, 5.41) is 6.58. The van der Waals surface area contributed by atoms with Gasteiger partial charge in [0.2, 0.25) is 0 Å². The molecule has 1 aromatic rings. The molecular formula is C16H27ClN2OS. The van der Waals surface area contributed by atoms with Crippen LogP contribution in [0, 0.1) is 0 Å². The lowest BCUT2D eigenvalue weighted by molar-refractivity contribution is 0.130. The summed E-state index contributed by atoms with van der Waals surface area (Å²) in [5.41, 5.74) is 2.48. The van der Waals surface area contributed by atoms with Gasteiger partial charge in [0.25, 0.3) is 0 Å². The largest absolute Gasteiger partial charge is 0.396 e. The van der Waals surface area contributed by atoms with E-state index in [-0.39, 0.29) is 12.4 Å². The van der Waals surface area contributed by atoms with Crippen molar-refractivity contribution in [2.45, 2.75) is 46.0 Å². The summed E-state index contributed by atoms with van der Waals surface area (Å²) >= 11 is 1.85. The van der Waals surface area contributed by atoms with Gasteiger partial charge in [-0.1, -0.05) is 19.0 Å². The normalized spacial score (nSPS) is 16.4. The third-order valence-electron chi connectivity index (χ3n) is 3.90. The van der Waals surface area contributed by atoms with Crippen molar-refractivity contribution in [3.63, 3.8) is 0 Å². The molecule has 1 aliphatic rings. The first kappa shape index (κ1) is 18.5. The number of hydrogen-bond acceptors (Lipinski definition) is 4. The summed E-state index contributed by atoms with van der Waals surface area (Å²) in [6, 6.07) is 2.20. The lowest BCUT2D eigenvalue weighted by Crippen LogP contribution is -2.24. The van der Waals surface area contributed by atoms with Gasteiger partial charge >= 0.3 is 0 Å². The second-order valence-corrected chi connectivity index (χ2v) is 6.22. The van der Waals surface area contributed by atoms with Crippen LogP contribution in [0.1, 0.15) is 50.0 Å². The first-order valence-electron chi connectivity index (χ1n) is 7.83. The number of fused-ring (bicyclic) bond motifs is 1. The van der Waals surface area contributed by atoms with E-state index in [0.717, 1.165) is 44.8 Å². The van der Waals surface area contributed by atoms with Crippen molar-refractivity contribution in [1.82, 2.24) is 4.90 Å². The standard InChI is InChI=1S/C16H26N2OS.ClH/c1-3-18(4-2)11-7-12-19-17-15-8-5-6-9-16-14(15)10-13-20-16;/h10,13H,3-9,11-12H2,1-2H3;1H/b17-15-;. The van der Waals surface area contributed by atoms with Crippen molar-refractivity contribution >= 4 is 29.5 Å². The number of hydrogen-bond donors (Lipinski definition) is 0. The number of aryl methyl sites for hydroxylation is 1. The molecular weight excluding hydrogens is 304 g/mol. The van der Waals surface area contributed by atoms with Crippen LogP contribution in [0.25, 0.3) is 0 Å². The molecule has 1 heterocycles. The minimum absolute atomic E-state index is 0. The van der Waals surface area contributed by atoms with E-state index in [1.165, 1.54) is 29.7 Å². The Hall–Kier alpha value is -0.580. The second-order valence-electron chi connectivity index (χ2n) is 5.22. The summed E-state index contributed by atoms with van der Waals surface area (Å²) in [5.74, 6) is 0. The van der Waals surface area contributed by atoms with Crippen LogP contribution in [0.15, 0.2) is 16.6 Å². The monoisotopic (exact) mass is 330 g/mol. The van der Waals surface area contributed by atoms with E-state index in [9.17, 15) is 0 Å².